The molecule has 0 aliphatic carbocycles. The van der Waals surface area contributed by atoms with Gasteiger partial charge >= 0.3 is 11.9 Å². The Labute approximate surface area is 151 Å². The number of H-pyrrole nitrogens is 1. The molecule has 0 aliphatic rings. The van der Waals surface area contributed by atoms with Crippen molar-refractivity contribution >= 4 is 17.7 Å². The van der Waals surface area contributed by atoms with Crippen molar-refractivity contribution < 1.29 is 28.6 Å². The van der Waals surface area contributed by atoms with Gasteiger partial charge in [0.1, 0.15) is 5.75 Å². The van der Waals surface area contributed by atoms with Crippen LogP contribution in [0.4, 0.5) is 0 Å². The number of carbonyl (C=O) groups is 3. The molecule has 0 saturated heterocycles. The minimum absolute atomic E-state index is 0.208. The molecule has 1 heterocycles. The molecule has 26 heavy (non-hydrogen) atoms. The fraction of sp³-hybridized carbons (Fsp3) is 0.316. The van der Waals surface area contributed by atoms with Crippen LogP contribution in [0.5, 0.6) is 5.75 Å². The molecule has 2 aromatic rings. The van der Waals surface area contributed by atoms with Gasteiger partial charge in [0.05, 0.1) is 30.5 Å². The second-order valence-electron chi connectivity index (χ2n) is 5.57. The number of methoxy groups -OCH3 is 1. The minimum atomic E-state index is -0.461. The summed E-state index contributed by atoms with van der Waals surface area (Å²) in [5.41, 5.74) is 2.19. The molecule has 1 aromatic carbocycles. The fourth-order valence-electron chi connectivity index (χ4n) is 2.56. The van der Waals surface area contributed by atoms with Crippen molar-refractivity contribution in [2.75, 3.05) is 20.3 Å². The summed E-state index contributed by atoms with van der Waals surface area (Å²) in [6.07, 6.45) is 0. The van der Waals surface area contributed by atoms with E-state index >= 15 is 0 Å². The molecule has 0 aliphatic heterocycles. The summed E-state index contributed by atoms with van der Waals surface area (Å²) in [4.78, 5) is 38.7. The molecule has 0 fully saturated rings. The van der Waals surface area contributed by atoms with Crippen molar-refractivity contribution in [3.8, 4) is 5.75 Å². The summed E-state index contributed by atoms with van der Waals surface area (Å²) >= 11 is 0. The first-order valence-electron chi connectivity index (χ1n) is 8.09. The van der Waals surface area contributed by atoms with Crippen LogP contribution in [-0.4, -0.2) is 43.0 Å². The van der Waals surface area contributed by atoms with Crippen molar-refractivity contribution in [3.05, 3.63) is 52.3 Å². The Morgan fingerprint density at radius 3 is 2.27 bits per heavy atom. The smallest absolute Gasteiger partial charge is 0.340 e. The second-order valence-corrected chi connectivity index (χ2v) is 5.57. The average Bonchev–Trinajstić information content (AvgIpc) is 2.94. The first kappa shape index (κ1) is 19.2. The molecule has 0 atom stereocenters. The van der Waals surface area contributed by atoms with Gasteiger partial charge in [-0.1, -0.05) is 0 Å². The van der Waals surface area contributed by atoms with Gasteiger partial charge in [0.15, 0.2) is 6.61 Å². The van der Waals surface area contributed by atoms with Crippen LogP contribution in [0.15, 0.2) is 24.3 Å². The first-order valence-corrected chi connectivity index (χ1v) is 8.09. The number of hydrogen-bond acceptors (Lipinski definition) is 6. The number of rotatable bonds is 7. The topological polar surface area (TPSA) is 94.7 Å². The number of ketones is 1. The third kappa shape index (κ3) is 4.11. The molecule has 7 heteroatoms. The SMILES string of the molecule is CCOC(=O)c1c(C)[nH]c(C(=O)COc2ccc(C(=O)OC)cc2)c1C. The van der Waals surface area contributed by atoms with Crippen LogP contribution in [0.25, 0.3) is 0 Å². The molecule has 2 rings (SSSR count). The van der Waals surface area contributed by atoms with Crippen molar-refractivity contribution in [1.82, 2.24) is 4.98 Å². The van der Waals surface area contributed by atoms with Crippen LogP contribution in [0.1, 0.15) is 49.4 Å². The van der Waals surface area contributed by atoms with E-state index in [1.54, 1.807) is 45.0 Å². The van der Waals surface area contributed by atoms with Crippen molar-refractivity contribution in [1.29, 1.82) is 0 Å². The maximum atomic E-state index is 12.4. The molecule has 1 aromatic heterocycles. The van der Waals surface area contributed by atoms with E-state index in [0.717, 1.165) is 0 Å². The number of ether oxygens (including phenoxy) is 3. The normalized spacial score (nSPS) is 10.3. The zero-order valence-electron chi connectivity index (χ0n) is 15.2. The third-order valence-electron chi connectivity index (χ3n) is 3.84. The Balaban J connectivity index is 2.07. The lowest BCUT2D eigenvalue weighted by molar-refractivity contribution is 0.0524. The van der Waals surface area contributed by atoms with Gasteiger partial charge in [-0.3, -0.25) is 4.79 Å². The van der Waals surface area contributed by atoms with Gasteiger partial charge in [-0.2, -0.15) is 0 Å². The molecular weight excluding hydrogens is 338 g/mol. The largest absolute Gasteiger partial charge is 0.485 e. The highest BCUT2D eigenvalue weighted by Crippen LogP contribution is 2.20. The maximum absolute atomic E-state index is 12.4. The van der Waals surface area contributed by atoms with Gasteiger partial charge in [-0.15, -0.1) is 0 Å². The Kier molecular flexibility index (Phi) is 6.16. The Hall–Kier alpha value is -3.09. The number of carbonyl (C=O) groups excluding carboxylic acids is 3. The second kappa shape index (κ2) is 8.33. The van der Waals surface area contributed by atoms with E-state index in [1.165, 1.54) is 7.11 Å². The lowest BCUT2D eigenvalue weighted by Gasteiger charge is -2.06. The van der Waals surface area contributed by atoms with Gasteiger partial charge in [0, 0.05) is 5.69 Å². The summed E-state index contributed by atoms with van der Waals surface area (Å²) in [6, 6.07) is 6.26. The van der Waals surface area contributed by atoms with Crippen molar-refractivity contribution in [3.63, 3.8) is 0 Å². The van der Waals surface area contributed by atoms with E-state index in [0.29, 0.717) is 33.8 Å². The lowest BCUT2D eigenvalue weighted by Crippen LogP contribution is -2.14. The number of nitrogens with one attached hydrogen (secondary N) is 1. The number of Topliss-reactive ketones (excluding diaryl/α,β-unsaturated/α-hetero) is 1. The Morgan fingerprint density at radius 1 is 1.04 bits per heavy atom. The summed E-state index contributed by atoms with van der Waals surface area (Å²) < 4.78 is 15.1. The summed E-state index contributed by atoms with van der Waals surface area (Å²) in [7, 11) is 1.30. The van der Waals surface area contributed by atoms with E-state index in [2.05, 4.69) is 9.72 Å². The molecule has 0 amide bonds. The molecule has 0 saturated carbocycles. The molecule has 138 valence electrons. The fourth-order valence-corrected chi connectivity index (χ4v) is 2.56. The van der Waals surface area contributed by atoms with Crippen LogP contribution in [0.3, 0.4) is 0 Å². The van der Waals surface area contributed by atoms with Crippen LogP contribution in [0.2, 0.25) is 0 Å². The highest BCUT2D eigenvalue weighted by Gasteiger charge is 2.23. The summed E-state index contributed by atoms with van der Waals surface area (Å²) in [5.74, 6) is -0.760. The Bertz CT molecular complexity index is 819. The number of aromatic amines is 1. The molecule has 0 radical (unpaired) electrons. The van der Waals surface area contributed by atoms with Crippen LogP contribution >= 0.6 is 0 Å². The minimum Gasteiger partial charge on any atom is -0.485 e. The van der Waals surface area contributed by atoms with E-state index in [1.807, 2.05) is 0 Å². The van der Waals surface area contributed by atoms with E-state index in [-0.39, 0.29) is 19.0 Å². The quantitative estimate of drug-likeness (QED) is 0.603. The number of esters is 2. The molecule has 0 bridgehead atoms. The van der Waals surface area contributed by atoms with Gasteiger partial charge in [0.2, 0.25) is 5.78 Å². The summed E-state index contributed by atoms with van der Waals surface area (Å²) in [5, 5.41) is 0. The highest BCUT2D eigenvalue weighted by molar-refractivity contribution is 6.02. The lowest BCUT2D eigenvalue weighted by atomic mass is 10.1. The van der Waals surface area contributed by atoms with E-state index in [9.17, 15) is 14.4 Å². The highest BCUT2D eigenvalue weighted by atomic mass is 16.5. The molecular formula is C19H21NO6. The number of benzene rings is 1. The summed E-state index contributed by atoms with van der Waals surface area (Å²) in [6.45, 7) is 5.18. The molecule has 0 unspecified atom stereocenters. The number of aromatic nitrogens is 1. The van der Waals surface area contributed by atoms with E-state index in [4.69, 9.17) is 9.47 Å². The van der Waals surface area contributed by atoms with Crippen molar-refractivity contribution in [2.24, 2.45) is 0 Å². The van der Waals surface area contributed by atoms with Crippen LogP contribution in [0, 0.1) is 13.8 Å². The van der Waals surface area contributed by atoms with E-state index < -0.39 is 11.9 Å². The average molecular weight is 359 g/mol. The Morgan fingerprint density at radius 2 is 1.69 bits per heavy atom. The number of hydrogen-bond donors (Lipinski definition) is 1. The molecule has 0 spiro atoms. The van der Waals surface area contributed by atoms with Crippen molar-refractivity contribution in [2.45, 2.75) is 20.8 Å². The monoisotopic (exact) mass is 359 g/mol. The predicted molar refractivity (Wildman–Crippen MR) is 93.8 cm³/mol. The van der Waals surface area contributed by atoms with Gasteiger partial charge in [-0.25, -0.2) is 9.59 Å². The molecule has 1 N–H and O–H groups in total. The molecule has 7 nitrogen and oxygen atoms in total. The zero-order chi connectivity index (χ0) is 19.3. The van der Waals surface area contributed by atoms with Gasteiger partial charge < -0.3 is 19.2 Å². The van der Waals surface area contributed by atoms with Gasteiger partial charge in [-0.05, 0) is 50.6 Å². The van der Waals surface area contributed by atoms with Gasteiger partial charge in [0.25, 0.3) is 0 Å². The standard InChI is InChI=1S/C19H21NO6/c1-5-25-19(23)16-11(2)17(20-12(16)3)15(21)10-26-14-8-6-13(7-9-14)18(22)24-4/h6-9,20H,5,10H2,1-4H3. The zero-order valence-corrected chi connectivity index (χ0v) is 15.2. The maximum Gasteiger partial charge on any atom is 0.340 e. The van der Waals surface area contributed by atoms with Crippen LogP contribution in [-0.2, 0) is 9.47 Å². The predicted octanol–water partition coefficient (Wildman–Crippen LogP) is 2.86. The number of aryl methyl sites for hydroxylation is 1. The third-order valence-corrected chi connectivity index (χ3v) is 3.84. The van der Waals surface area contributed by atoms with Crippen LogP contribution < -0.4 is 4.74 Å². The first-order chi connectivity index (χ1) is 12.4.